The molecule has 0 aliphatic heterocycles. The summed E-state index contributed by atoms with van der Waals surface area (Å²) in [7, 11) is -3.52. The van der Waals surface area contributed by atoms with Crippen molar-refractivity contribution in [1.82, 2.24) is 24.2 Å². The van der Waals surface area contributed by atoms with Crippen LogP contribution >= 0.6 is 0 Å². The van der Waals surface area contributed by atoms with Gasteiger partial charge in [0.15, 0.2) is 17.0 Å². The van der Waals surface area contributed by atoms with Crippen LogP contribution in [0.15, 0.2) is 35.5 Å². The van der Waals surface area contributed by atoms with Crippen molar-refractivity contribution in [3.05, 3.63) is 30.6 Å². The van der Waals surface area contributed by atoms with E-state index >= 15 is 0 Å². The molecule has 0 amide bonds. The summed E-state index contributed by atoms with van der Waals surface area (Å²) in [5.74, 6) is 1.12. The molecule has 3 aromatic rings. The number of nitrogens with two attached hydrogens (primary N) is 1. The molecule has 2 heterocycles. The zero-order valence-electron chi connectivity index (χ0n) is 19.8. The van der Waals surface area contributed by atoms with Gasteiger partial charge in [-0.25, -0.2) is 18.1 Å². The fourth-order valence-electron chi connectivity index (χ4n) is 4.09. The molecule has 2 aromatic heterocycles. The Labute approximate surface area is 200 Å². The number of imidazole rings is 1. The second-order valence-electron chi connectivity index (χ2n) is 8.76. The highest BCUT2D eigenvalue weighted by Gasteiger charge is 2.21. The summed E-state index contributed by atoms with van der Waals surface area (Å²) >= 11 is 0. The van der Waals surface area contributed by atoms with Crippen LogP contribution in [0.4, 0.5) is 17.5 Å². The fourth-order valence-corrected chi connectivity index (χ4v) is 5.17. The lowest BCUT2D eigenvalue weighted by Crippen LogP contribution is -2.33. The molecule has 11 heteroatoms. The number of nitrogens with one attached hydrogen (secondary N) is 3. The molecular weight excluding hydrogens is 452 g/mol. The number of fused-ring (bicyclic) bond motifs is 1. The number of anilines is 3. The normalized spacial score (nSPS) is 18.8. The van der Waals surface area contributed by atoms with Crippen LogP contribution in [0.5, 0.6) is 0 Å². The second-order valence-corrected chi connectivity index (χ2v) is 10.5. The van der Waals surface area contributed by atoms with E-state index in [1.165, 1.54) is 0 Å². The van der Waals surface area contributed by atoms with Gasteiger partial charge in [0, 0.05) is 30.9 Å². The van der Waals surface area contributed by atoms with E-state index in [-0.39, 0.29) is 17.0 Å². The average Bonchev–Trinajstić information content (AvgIpc) is 3.24. The van der Waals surface area contributed by atoms with Gasteiger partial charge in [0.25, 0.3) is 0 Å². The van der Waals surface area contributed by atoms with Crippen LogP contribution in [-0.4, -0.2) is 46.6 Å². The number of aryl methyl sites for hydroxylation is 1. The summed E-state index contributed by atoms with van der Waals surface area (Å²) in [6.07, 6.45) is 7.43. The third-order valence-corrected chi connectivity index (χ3v) is 7.64. The predicted octanol–water partition coefficient (Wildman–Crippen LogP) is 3.35. The minimum atomic E-state index is -3.52. The zero-order valence-corrected chi connectivity index (χ0v) is 20.6. The molecule has 0 atom stereocenters. The van der Waals surface area contributed by atoms with Crippen molar-refractivity contribution in [2.75, 3.05) is 17.2 Å². The Morgan fingerprint density at radius 3 is 2.50 bits per heavy atom. The van der Waals surface area contributed by atoms with Gasteiger partial charge in [0.1, 0.15) is 0 Å². The van der Waals surface area contributed by atoms with Crippen LogP contribution in [0, 0.1) is 0 Å². The lowest BCUT2D eigenvalue weighted by atomic mass is 9.92. The van der Waals surface area contributed by atoms with Crippen molar-refractivity contribution in [2.45, 2.75) is 75.9 Å². The molecule has 0 bridgehead atoms. The van der Waals surface area contributed by atoms with Crippen LogP contribution in [0.2, 0.25) is 0 Å². The van der Waals surface area contributed by atoms with E-state index < -0.39 is 10.0 Å². The van der Waals surface area contributed by atoms with Gasteiger partial charge in [-0.3, -0.25) is 0 Å². The van der Waals surface area contributed by atoms with Gasteiger partial charge in [-0.05, 0) is 63.3 Å². The van der Waals surface area contributed by atoms with Crippen LogP contribution in [0.3, 0.4) is 0 Å². The van der Waals surface area contributed by atoms with E-state index in [4.69, 9.17) is 15.7 Å². The third kappa shape index (κ3) is 5.65. The number of unbranched alkanes of at least 4 members (excludes halogenated alkanes) is 1. The Kier molecular flexibility index (Phi) is 7.64. The first kappa shape index (κ1) is 24.4. The zero-order chi connectivity index (χ0) is 24.1. The standard InChI is InChI=1S/C23H34N8O2S/c1-3-5-14-26-34(32,33)19-12-10-17(11-13-19)27-21-20-22(31(4-2)15-25-20)30-23(29-21)28-18-8-6-16(24)7-9-18/h10-13,15-16,18,26H,3-9,14,24H2,1-2H3,(H2,27,28,29,30). The van der Waals surface area contributed by atoms with Gasteiger partial charge in [-0.15, -0.1) is 0 Å². The Bertz CT molecular complexity index is 1200. The summed E-state index contributed by atoms with van der Waals surface area (Å²) in [6, 6.07) is 7.19. The molecule has 1 aromatic carbocycles. The number of aromatic nitrogens is 4. The second kappa shape index (κ2) is 10.7. The van der Waals surface area contributed by atoms with Crippen LogP contribution in [-0.2, 0) is 16.6 Å². The van der Waals surface area contributed by atoms with Crippen LogP contribution in [0.1, 0.15) is 52.4 Å². The maximum atomic E-state index is 12.5. The molecule has 4 rings (SSSR count). The van der Waals surface area contributed by atoms with Gasteiger partial charge < -0.3 is 20.9 Å². The Hall–Kier alpha value is -2.76. The minimum absolute atomic E-state index is 0.232. The van der Waals surface area contributed by atoms with Crippen LogP contribution in [0.25, 0.3) is 11.2 Å². The summed E-state index contributed by atoms with van der Waals surface area (Å²) in [6.45, 7) is 5.23. The first-order chi connectivity index (χ1) is 16.4. The number of hydrogen-bond acceptors (Lipinski definition) is 8. The Morgan fingerprint density at radius 2 is 1.82 bits per heavy atom. The van der Waals surface area contributed by atoms with E-state index in [0.29, 0.717) is 29.5 Å². The quantitative estimate of drug-likeness (QED) is 0.320. The fraction of sp³-hybridized carbons (Fsp3) is 0.522. The molecule has 0 radical (unpaired) electrons. The van der Waals surface area contributed by atoms with Gasteiger partial charge in [0.05, 0.1) is 11.2 Å². The van der Waals surface area contributed by atoms with Gasteiger partial charge in [-0.2, -0.15) is 9.97 Å². The average molecular weight is 487 g/mol. The highest BCUT2D eigenvalue weighted by molar-refractivity contribution is 7.89. The number of hydrogen-bond donors (Lipinski definition) is 4. The first-order valence-electron chi connectivity index (χ1n) is 12.0. The molecule has 1 aliphatic carbocycles. The summed E-state index contributed by atoms with van der Waals surface area (Å²) in [5.41, 5.74) is 8.17. The summed E-state index contributed by atoms with van der Waals surface area (Å²) < 4.78 is 29.5. The van der Waals surface area contributed by atoms with Gasteiger partial charge >= 0.3 is 0 Å². The topological polar surface area (TPSA) is 140 Å². The molecule has 10 nitrogen and oxygen atoms in total. The van der Waals surface area contributed by atoms with Crippen molar-refractivity contribution >= 4 is 38.6 Å². The maximum absolute atomic E-state index is 12.5. The number of rotatable bonds is 10. The SMILES string of the molecule is CCCCNS(=O)(=O)c1ccc(Nc2nc(NC3CCC(N)CC3)nc3c2ncn3CC)cc1. The van der Waals surface area contributed by atoms with E-state index in [2.05, 4.69) is 20.3 Å². The van der Waals surface area contributed by atoms with E-state index in [1.807, 2.05) is 18.4 Å². The first-order valence-corrected chi connectivity index (χ1v) is 13.5. The molecule has 0 saturated heterocycles. The Balaban J connectivity index is 1.56. The smallest absolute Gasteiger partial charge is 0.240 e. The monoisotopic (exact) mass is 486 g/mol. The van der Waals surface area contributed by atoms with Gasteiger partial charge in [0.2, 0.25) is 16.0 Å². The lowest BCUT2D eigenvalue weighted by Gasteiger charge is -2.26. The van der Waals surface area contributed by atoms with E-state index in [1.54, 1.807) is 30.6 Å². The molecule has 1 fully saturated rings. The molecular formula is C23H34N8O2S. The number of sulfonamides is 1. The predicted molar refractivity (Wildman–Crippen MR) is 135 cm³/mol. The maximum Gasteiger partial charge on any atom is 0.240 e. The number of nitrogens with zero attached hydrogens (tertiary/aromatic N) is 4. The largest absolute Gasteiger partial charge is 0.351 e. The molecule has 34 heavy (non-hydrogen) atoms. The highest BCUT2D eigenvalue weighted by atomic mass is 32.2. The number of benzene rings is 1. The molecule has 0 spiro atoms. The molecule has 5 N–H and O–H groups in total. The third-order valence-electron chi connectivity index (χ3n) is 6.16. The van der Waals surface area contributed by atoms with Crippen molar-refractivity contribution in [3.63, 3.8) is 0 Å². The van der Waals surface area contributed by atoms with Crippen molar-refractivity contribution in [1.29, 1.82) is 0 Å². The van der Waals surface area contributed by atoms with Crippen molar-refractivity contribution in [2.24, 2.45) is 5.73 Å². The molecule has 1 saturated carbocycles. The van der Waals surface area contributed by atoms with Gasteiger partial charge in [-0.1, -0.05) is 13.3 Å². The minimum Gasteiger partial charge on any atom is -0.351 e. The highest BCUT2D eigenvalue weighted by Crippen LogP contribution is 2.27. The summed E-state index contributed by atoms with van der Waals surface area (Å²) in [5, 5.41) is 6.77. The molecule has 1 aliphatic rings. The summed E-state index contributed by atoms with van der Waals surface area (Å²) in [4.78, 5) is 14.2. The molecule has 184 valence electrons. The Morgan fingerprint density at radius 1 is 1.09 bits per heavy atom. The van der Waals surface area contributed by atoms with E-state index in [9.17, 15) is 8.42 Å². The van der Waals surface area contributed by atoms with Crippen molar-refractivity contribution < 1.29 is 8.42 Å². The van der Waals surface area contributed by atoms with E-state index in [0.717, 1.165) is 50.7 Å². The lowest BCUT2D eigenvalue weighted by molar-refractivity contribution is 0.410. The van der Waals surface area contributed by atoms with Crippen LogP contribution < -0.4 is 21.1 Å². The van der Waals surface area contributed by atoms with Crippen molar-refractivity contribution in [3.8, 4) is 0 Å². The molecule has 0 unspecified atom stereocenters.